The largest absolute Gasteiger partial charge is 0.507 e. The van der Waals surface area contributed by atoms with Gasteiger partial charge < -0.3 is 75.4 Å². The number of aromatic hydroxyl groups is 2. The fraction of sp³-hybridized carbons (Fsp3) is 0.540. The van der Waals surface area contributed by atoms with Crippen molar-refractivity contribution in [2.24, 2.45) is 5.92 Å². The molecule has 4 aliphatic heterocycles. The Hall–Kier alpha value is -6.91. The van der Waals surface area contributed by atoms with Crippen LogP contribution < -0.4 is 31.3 Å². The predicted molar refractivity (Wildman–Crippen MR) is 257 cm³/mol. The number of phenolic OH excluding ortho intramolecular Hbond substituents is 2. The minimum Gasteiger partial charge on any atom is -0.507 e. The van der Waals surface area contributed by atoms with Gasteiger partial charge in [-0.15, -0.1) is 0 Å². The Morgan fingerprint density at radius 1 is 0.868 bits per heavy atom. The lowest BCUT2D eigenvalue weighted by atomic mass is 9.72. The molecule has 0 aromatic heterocycles. The van der Waals surface area contributed by atoms with Crippen molar-refractivity contribution in [3.8, 4) is 17.2 Å². The van der Waals surface area contributed by atoms with E-state index in [-0.39, 0.29) is 66.5 Å². The molecule has 10 atom stereocenters. The van der Waals surface area contributed by atoms with Crippen molar-refractivity contribution in [2.75, 3.05) is 60.2 Å². The lowest BCUT2D eigenvalue weighted by Crippen LogP contribution is -2.57. The summed E-state index contributed by atoms with van der Waals surface area (Å²) in [5, 5.41) is 58.9. The number of methoxy groups -OCH3 is 2. The second-order valence-electron chi connectivity index (χ2n) is 19.5. The van der Waals surface area contributed by atoms with Gasteiger partial charge in [-0.2, -0.15) is 0 Å². The number of ether oxygens (including phenoxy) is 6. The van der Waals surface area contributed by atoms with Gasteiger partial charge in [-0.25, -0.2) is 0 Å². The second kappa shape index (κ2) is 22.7. The minimum absolute atomic E-state index is 0.0492. The zero-order valence-electron chi connectivity index (χ0n) is 42.2. The number of benzene rings is 2. The van der Waals surface area contributed by atoms with Crippen LogP contribution in [0.15, 0.2) is 30.4 Å². The molecule has 0 saturated carbocycles. The molecule has 2 aromatic carbocycles. The number of carbonyl (C=O) groups excluding carboxylic acids is 9. The molecule has 3 saturated heterocycles. The summed E-state index contributed by atoms with van der Waals surface area (Å²) in [5.41, 5.74) is -4.15. The van der Waals surface area contributed by atoms with Crippen molar-refractivity contribution in [3.05, 3.63) is 63.7 Å². The molecule has 9 N–H and O–H groups in total. The zero-order valence-corrected chi connectivity index (χ0v) is 42.2. The number of carbonyl (C=O) groups is 9. The first-order valence-electron chi connectivity index (χ1n) is 24.7. The molecule has 0 bridgehead atoms. The molecule has 76 heavy (non-hydrogen) atoms. The molecule has 3 fully saturated rings. The lowest BCUT2D eigenvalue weighted by molar-refractivity contribution is -0.256. The molecule has 8 rings (SSSR count). The smallest absolute Gasteiger partial charge is 0.254 e. The number of ketones is 2. The Morgan fingerprint density at radius 3 is 2.26 bits per heavy atom. The molecular weight excluding hydrogens is 1000 g/mol. The third kappa shape index (κ3) is 10.8. The topological polar surface area (TPSA) is 357 Å². The summed E-state index contributed by atoms with van der Waals surface area (Å²) in [7, 11) is 2.81. The first kappa shape index (κ1) is 55.3. The van der Waals surface area contributed by atoms with E-state index in [4.69, 9.17) is 28.4 Å². The quantitative estimate of drug-likeness (QED) is 0.0338. The maximum absolute atomic E-state index is 14.3. The van der Waals surface area contributed by atoms with Gasteiger partial charge in [-0.05, 0) is 18.9 Å². The van der Waals surface area contributed by atoms with E-state index in [1.54, 1.807) is 20.8 Å². The zero-order chi connectivity index (χ0) is 54.9. The fourth-order valence-corrected chi connectivity index (χ4v) is 10.5. The Labute approximate surface area is 434 Å². The summed E-state index contributed by atoms with van der Waals surface area (Å²) in [6.45, 7) is 3.61. The number of hydrogen-bond acceptors (Lipinski definition) is 20. The summed E-state index contributed by atoms with van der Waals surface area (Å²) in [6.07, 6.45) is -4.08. The van der Waals surface area contributed by atoms with Crippen LogP contribution in [0.4, 0.5) is 0 Å². The van der Waals surface area contributed by atoms with E-state index < -0.39 is 162 Å². The number of morpholine rings is 1. The van der Waals surface area contributed by atoms with Crippen LogP contribution in [0, 0.1) is 5.92 Å². The van der Waals surface area contributed by atoms with E-state index in [9.17, 15) is 63.6 Å². The molecule has 410 valence electrons. The first-order chi connectivity index (χ1) is 36.2. The van der Waals surface area contributed by atoms with E-state index in [1.807, 2.05) is 0 Å². The second-order valence-corrected chi connectivity index (χ2v) is 19.5. The van der Waals surface area contributed by atoms with Crippen LogP contribution in [-0.2, 0) is 63.7 Å². The van der Waals surface area contributed by atoms with Gasteiger partial charge in [0.25, 0.3) is 17.7 Å². The van der Waals surface area contributed by atoms with E-state index in [1.165, 1.54) is 32.4 Å². The number of nitrogens with one attached hydrogen (secondary N) is 5. The van der Waals surface area contributed by atoms with Gasteiger partial charge >= 0.3 is 0 Å². The monoisotopic (exact) mass is 1060 g/mol. The number of hydrogen-bond donors (Lipinski definition) is 9. The molecule has 0 unspecified atom stereocenters. The molecular formula is C50H61N7O19. The van der Waals surface area contributed by atoms with Crippen molar-refractivity contribution in [1.82, 2.24) is 36.4 Å². The standard InChI is InChI=1S/C50H61N7O19/c1-22(2)39(55-30(59)11-12-51-31(60)20-57-32(61)9-10-33(57)62)46(68)54-26(21-58)45(67)52-13-14-53-49(69)50(70)18-25-36(43(66)38-37(41(25)64)40(63)24-7-6-8-28(71-4)35(24)42(38)65)29(19-50)75-34-17-27-44(23(3)74-34)76-47-48(72-5)73-16-15-56(27)47/h6-10,22-23,26-27,29,34,39,44,47-48,58,64,66,70H,11-21H2,1-5H3,(H,51,60)(H,52,67)(H,53,69)(H,54,68)(H,55,59)/t23-,26-,27-,29-,34-,39-,44+,47+,48-,50-/m0/s1. The minimum atomic E-state index is -2.43. The van der Waals surface area contributed by atoms with Crippen molar-refractivity contribution >= 4 is 52.9 Å². The average Bonchev–Trinajstić information content (AvgIpc) is 3.96. The number of aliphatic hydroxyl groups is 2. The Kier molecular flexibility index (Phi) is 16.6. The Balaban J connectivity index is 0.929. The highest BCUT2D eigenvalue weighted by molar-refractivity contribution is 6.31. The predicted octanol–water partition coefficient (Wildman–Crippen LogP) is -2.57. The van der Waals surface area contributed by atoms with E-state index in [0.717, 1.165) is 17.1 Å². The molecule has 2 aromatic rings. The maximum atomic E-state index is 14.3. The van der Waals surface area contributed by atoms with Gasteiger partial charge in [0.15, 0.2) is 24.6 Å². The summed E-state index contributed by atoms with van der Waals surface area (Å²) in [6, 6.07) is 1.30. The summed E-state index contributed by atoms with van der Waals surface area (Å²) in [5.74, 6) is -8.99. The first-order valence-corrected chi connectivity index (χ1v) is 24.7. The van der Waals surface area contributed by atoms with Crippen molar-refractivity contribution in [2.45, 2.75) is 107 Å². The van der Waals surface area contributed by atoms with Crippen molar-refractivity contribution < 1.29 is 92.0 Å². The van der Waals surface area contributed by atoms with Crippen LogP contribution in [0.25, 0.3) is 0 Å². The van der Waals surface area contributed by atoms with Crippen LogP contribution in [-0.4, -0.2) is 198 Å². The average molecular weight is 1060 g/mol. The van der Waals surface area contributed by atoms with Crippen LogP contribution in [0.3, 0.4) is 0 Å². The number of fused-ring (bicyclic) bond motifs is 6. The van der Waals surface area contributed by atoms with Gasteiger partial charge in [-0.3, -0.25) is 53.0 Å². The highest BCUT2D eigenvalue weighted by Crippen LogP contribution is 2.53. The third-order valence-corrected chi connectivity index (χ3v) is 14.3. The number of imide groups is 1. The molecule has 6 aliphatic rings. The van der Waals surface area contributed by atoms with E-state index in [2.05, 4.69) is 31.5 Å². The highest BCUT2D eigenvalue weighted by Gasteiger charge is 2.55. The van der Waals surface area contributed by atoms with Crippen molar-refractivity contribution in [1.29, 1.82) is 0 Å². The molecule has 4 heterocycles. The van der Waals surface area contributed by atoms with Crippen LogP contribution in [0.1, 0.15) is 89.1 Å². The molecule has 7 amide bonds. The van der Waals surface area contributed by atoms with Gasteiger partial charge in [0.2, 0.25) is 29.4 Å². The number of phenols is 2. The molecule has 2 aliphatic carbocycles. The van der Waals surface area contributed by atoms with Crippen LogP contribution >= 0.6 is 0 Å². The Morgan fingerprint density at radius 2 is 1.58 bits per heavy atom. The number of rotatable bonds is 19. The molecule has 0 radical (unpaired) electrons. The normalized spacial score (nSPS) is 26.4. The fourth-order valence-electron chi connectivity index (χ4n) is 10.5. The van der Waals surface area contributed by atoms with Crippen molar-refractivity contribution in [3.63, 3.8) is 0 Å². The third-order valence-electron chi connectivity index (χ3n) is 14.3. The lowest BCUT2D eigenvalue weighted by Gasteiger charge is -2.43. The SMILES string of the molecule is COc1cccc2c1C(=O)c1c(O)c3c(c(O)c1C2=O)C[C@@](O)(C(=O)NCCNC(=O)[C@H](CO)NC(=O)[C@@H](NC(=O)CCNC(=O)CN1C(=O)C=CC1=O)C(C)C)C[C@@H]3O[C@H]1C[C@H]2[C@H](O[C@@H]3[C@@H](OC)OCCN32)[C@H](C)O1. The summed E-state index contributed by atoms with van der Waals surface area (Å²) >= 11 is 0. The highest BCUT2D eigenvalue weighted by atomic mass is 16.7. The Bertz CT molecular complexity index is 2720. The molecule has 26 nitrogen and oxygen atoms in total. The van der Waals surface area contributed by atoms with Gasteiger partial charge in [0.05, 0.1) is 49.2 Å². The molecule has 26 heteroatoms. The van der Waals surface area contributed by atoms with Gasteiger partial charge in [-0.1, -0.05) is 26.0 Å². The van der Waals surface area contributed by atoms with Gasteiger partial charge in [0.1, 0.15) is 47.6 Å². The molecule has 0 spiro atoms. The summed E-state index contributed by atoms with van der Waals surface area (Å²) in [4.78, 5) is 120. The van der Waals surface area contributed by atoms with Gasteiger partial charge in [0, 0.05) is 93.9 Å². The van der Waals surface area contributed by atoms with Crippen LogP contribution in [0.5, 0.6) is 17.2 Å². The number of amides is 7. The summed E-state index contributed by atoms with van der Waals surface area (Å²) < 4.78 is 35.9. The number of nitrogens with zero attached hydrogens (tertiary/aromatic N) is 2. The van der Waals surface area contributed by atoms with Crippen LogP contribution in [0.2, 0.25) is 0 Å². The van der Waals surface area contributed by atoms with E-state index >= 15 is 0 Å². The van der Waals surface area contributed by atoms with E-state index in [0.29, 0.717) is 13.2 Å². The number of aliphatic hydroxyl groups excluding tert-OH is 1. The maximum Gasteiger partial charge on any atom is 0.254 e.